The second-order valence-corrected chi connectivity index (χ2v) is 5.70. The van der Waals surface area contributed by atoms with Crippen LogP contribution in [0, 0.1) is 0 Å². The number of para-hydroxylation sites is 1. The Morgan fingerprint density at radius 3 is 3.21 bits per heavy atom. The molecule has 1 aromatic carbocycles. The summed E-state index contributed by atoms with van der Waals surface area (Å²) in [6, 6.07) is 6.38. The summed E-state index contributed by atoms with van der Waals surface area (Å²) >= 11 is 1.71. The molecule has 0 radical (unpaired) electrons. The van der Waals surface area contributed by atoms with E-state index in [9.17, 15) is 0 Å². The van der Waals surface area contributed by atoms with E-state index in [2.05, 4.69) is 45.4 Å². The summed E-state index contributed by atoms with van der Waals surface area (Å²) < 4.78 is 5.93. The highest BCUT2D eigenvalue weighted by Crippen LogP contribution is 2.43. The van der Waals surface area contributed by atoms with Gasteiger partial charge in [0, 0.05) is 24.6 Å². The molecule has 0 saturated carbocycles. The van der Waals surface area contributed by atoms with E-state index in [4.69, 9.17) is 4.74 Å². The quantitative estimate of drug-likeness (QED) is 0.784. The van der Waals surface area contributed by atoms with E-state index in [1.165, 1.54) is 16.9 Å². The first-order chi connectivity index (χ1) is 9.34. The number of aliphatic imine (C=N–C) groups is 1. The van der Waals surface area contributed by atoms with E-state index in [1.54, 1.807) is 11.8 Å². The highest BCUT2D eigenvalue weighted by molar-refractivity contribution is 8.16. The molecule has 4 rings (SSSR count). The molecule has 0 N–H and O–H groups in total. The van der Waals surface area contributed by atoms with Gasteiger partial charge < -0.3 is 14.5 Å². The molecule has 4 nitrogen and oxygen atoms in total. The number of nitrogens with zero attached hydrogens (tertiary/aromatic N) is 3. The first kappa shape index (κ1) is 11.2. The third-order valence-electron chi connectivity index (χ3n) is 3.72. The van der Waals surface area contributed by atoms with E-state index in [-0.39, 0.29) is 0 Å². The molecular formula is C14H15N3OS. The first-order valence-electron chi connectivity index (χ1n) is 6.51. The van der Waals surface area contributed by atoms with Crippen LogP contribution < -0.4 is 9.64 Å². The van der Waals surface area contributed by atoms with Crippen LogP contribution in [0.2, 0.25) is 0 Å². The highest BCUT2D eigenvalue weighted by atomic mass is 32.2. The van der Waals surface area contributed by atoms with Crippen molar-refractivity contribution < 1.29 is 4.74 Å². The van der Waals surface area contributed by atoms with Crippen molar-refractivity contribution in [3.8, 4) is 5.75 Å². The number of hydrogen-bond acceptors (Lipinski definition) is 5. The van der Waals surface area contributed by atoms with Gasteiger partial charge in [-0.05, 0) is 12.1 Å². The van der Waals surface area contributed by atoms with Crippen molar-refractivity contribution in [3.05, 3.63) is 29.2 Å². The molecule has 0 aromatic heterocycles. The Kier molecular flexibility index (Phi) is 2.48. The van der Waals surface area contributed by atoms with Gasteiger partial charge in [-0.2, -0.15) is 0 Å². The lowest BCUT2D eigenvalue weighted by Crippen LogP contribution is -2.30. The molecule has 0 saturated heterocycles. The number of rotatable bonds is 1. The van der Waals surface area contributed by atoms with E-state index < -0.39 is 0 Å². The number of likely N-dealkylation sites (N-methyl/N-ethyl adjacent to an activating group) is 1. The lowest BCUT2D eigenvalue weighted by atomic mass is 10.1. The molecule has 0 spiro atoms. The van der Waals surface area contributed by atoms with Crippen LogP contribution in [0.4, 0.5) is 5.69 Å². The zero-order valence-corrected chi connectivity index (χ0v) is 11.6. The van der Waals surface area contributed by atoms with Crippen molar-refractivity contribution >= 4 is 28.3 Å². The average Bonchev–Trinajstić information content (AvgIpc) is 3.01. The fraction of sp³-hybridized carbons (Fsp3) is 0.357. The smallest absolute Gasteiger partial charge is 0.168 e. The van der Waals surface area contributed by atoms with E-state index in [0.29, 0.717) is 0 Å². The van der Waals surface area contributed by atoms with Crippen molar-refractivity contribution in [2.75, 3.05) is 38.2 Å². The Bertz CT molecular complexity index is 596. The van der Waals surface area contributed by atoms with Gasteiger partial charge in [0.2, 0.25) is 0 Å². The van der Waals surface area contributed by atoms with Crippen LogP contribution in [0.5, 0.6) is 5.75 Å². The molecule has 3 aliphatic heterocycles. The van der Waals surface area contributed by atoms with Crippen molar-refractivity contribution in [2.45, 2.75) is 0 Å². The first-order valence-corrected chi connectivity index (χ1v) is 7.39. The SMILES string of the molecule is CN1CCOc2c(C3=CSC4=NCCN34)cccc21. The number of hydrogen-bond donors (Lipinski definition) is 0. The zero-order valence-electron chi connectivity index (χ0n) is 10.8. The summed E-state index contributed by atoms with van der Waals surface area (Å²) in [6.45, 7) is 3.58. The van der Waals surface area contributed by atoms with E-state index >= 15 is 0 Å². The predicted molar refractivity (Wildman–Crippen MR) is 79.8 cm³/mol. The number of thioether (sulfide) groups is 1. The standard InChI is InChI=1S/C14H15N3OS/c1-16-7-8-18-13-10(3-2-4-11(13)16)12-9-19-14-15-5-6-17(12)14/h2-4,9H,5-8H2,1H3. The summed E-state index contributed by atoms with van der Waals surface area (Å²) in [7, 11) is 2.12. The number of fused-ring (bicyclic) bond motifs is 2. The zero-order chi connectivity index (χ0) is 12.8. The fourth-order valence-corrected chi connectivity index (χ4v) is 3.67. The molecule has 0 unspecified atom stereocenters. The lowest BCUT2D eigenvalue weighted by Gasteiger charge is -2.30. The van der Waals surface area contributed by atoms with Crippen molar-refractivity contribution in [3.63, 3.8) is 0 Å². The molecule has 0 bridgehead atoms. The second-order valence-electron chi connectivity index (χ2n) is 4.86. The maximum absolute atomic E-state index is 5.93. The largest absolute Gasteiger partial charge is 0.489 e. The van der Waals surface area contributed by atoms with Gasteiger partial charge in [-0.1, -0.05) is 17.8 Å². The fourth-order valence-electron chi connectivity index (χ4n) is 2.72. The molecule has 3 heterocycles. The van der Waals surface area contributed by atoms with Crippen LogP contribution in [0.15, 0.2) is 28.6 Å². The number of amidine groups is 1. The van der Waals surface area contributed by atoms with Gasteiger partial charge in [0.05, 0.1) is 24.5 Å². The van der Waals surface area contributed by atoms with E-state index in [0.717, 1.165) is 37.2 Å². The molecule has 1 aromatic rings. The highest BCUT2D eigenvalue weighted by Gasteiger charge is 2.30. The maximum Gasteiger partial charge on any atom is 0.168 e. The molecule has 98 valence electrons. The number of anilines is 1. The summed E-state index contributed by atoms with van der Waals surface area (Å²) in [4.78, 5) is 9.05. The van der Waals surface area contributed by atoms with Gasteiger partial charge in [-0.25, -0.2) is 0 Å². The van der Waals surface area contributed by atoms with Crippen molar-refractivity contribution in [2.24, 2.45) is 4.99 Å². The van der Waals surface area contributed by atoms with Crippen LogP contribution >= 0.6 is 11.8 Å². The minimum absolute atomic E-state index is 0.752. The summed E-state index contributed by atoms with van der Waals surface area (Å²) in [5.41, 5.74) is 3.59. The molecule has 5 heteroatoms. The molecular weight excluding hydrogens is 258 g/mol. The molecule has 0 amide bonds. The Balaban J connectivity index is 1.80. The minimum atomic E-state index is 0.752. The van der Waals surface area contributed by atoms with Gasteiger partial charge in [-0.15, -0.1) is 0 Å². The Labute approximate surface area is 116 Å². The Hall–Kier alpha value is -1.62. The Morgan fingerprint density at radius 1 is 1.32 bits per heavy atom. The van der Waals surface area contributed by atoms with Crippen LogP contribution in [0.1, 0.15) is 5.56 Å². The van der Waals surface area contributed by atoms with Crippen LogP contribution in [0.3, 0.4) is 0 Å². The van der Waals surface area contributed by atoms with Crippen LogP contribution in [0.25, 0.3) is 5.70 Å². The third kappa shape index (κ3) is 1.64. The topological polar surface area (TPSA) is 28.1 Å². The molecule has 19 heavy (non-hydrogen) atoms. The third-order valence-corrected chi connectivity index (χ3v) is 4.62. The summed E-state index contributed by atoms with van der Waals surface area (Å²) in [6.07, 6.45) is 0. The normalized spacial score (nSPS) is 20.7. The molecule has 3 aliphatic rings. The minimum Gasteiger partial charge on any atom is -0.489 e. The van der Waals surface area contributed by atoms with Crippen molar-refractivity contribution in [1.82, 2.24) is 4.90 Å². The second kappa shape index (κ2) is 4.20. The van der Waals surface area contributed by atoms with Gasteiger partial charge in [0.25, 0.3) is 0 Å². The molecule has 0 aliphatic carbocycles. The predicted octanol–water partition coefficient (Wildman–Crippen LogP) is 2.23. The monoisotopic (exact) mass is 273 g/mol. The lowest BCUT2D eigenvalue weighted by molar-refractivity contribution is 0.310. The average molecular weight is 273 g/mol. The summed E-state index contributed by atoms with van der Waals surface area (Å²) in [5.74, 6) is 1.01. The van der Waals surface area contributed by atoms with Gasteiger partial charge in [0.15, 0.2) is 10.9 Å². The van der Waals surface area contributed by atoms with Crippen LogP contribution in [-0.4, -0.2) is 43.4 Å². The number of benzene rings is 1. The van der Waals surface area contributed by atoms with Gasteiger partial charge in [0.1, 0.15) is 6.61 Å². The number of ether oxygens (including phenoxy) is 1. The van der Waals surface area contributed by atoms with Gasteiger partial charge >= 0.3 is 0 Å². The molecule has 0 fully saturated rings. The van der Waals surface area contributed by atoms with Crippen LogP contribution in [-0.2, 0) is 0 Å². The summed E-state index contributed by atoms with van der Waals surface area (Å²) in [5, 5.41) is 3.31. The van der Waals surface area contributed by atoms with E-state index in [1.807, 2.05) is 0 Å². The molecule has 0 atom stereocenters. The Morgan fingerprint density at radius 2 is 2.26 bits per heavy atom. The maximum atomic E-state index is 5.93. The van der Waals surface area contributed by atoms with Gasteiger partial charge in [-0.3, -0.25) is 4.99 Å². The van der Waals surface area contributed by atoms with Crippen molar-refractivity contribution in [1.29, 1.82) is 0 Å².